The summed E-state index contributed by atoms with van der Waals surface area (Å²) in [5.74, 6) is 0.823. The molecular weight excluding hydrogens is 466 g/mol. The molecule has 1 aromatic heterocycles. The van der Waals surface area contributed by atoms with Gasteiger partial charge in [0.25, 0.3) is 5.91 Å². The normalized spacial score (nSPS) is 26.1. The molecule has 5 nitrogen and oxygen atoms in total. The largest absolute Gasteiger partial charge is 0.349 e. The number of carbonyl (C=O) groups excluding carboxylic acids is 2. The van der Waals surface area contributed by atoms with Crippen molar-refractivity contribution >= 4 is 45.6 Å². The molecule has 7 heteroatoms. The van der Waals surface area contributed by atoms with Gasteiger partial charge in [0.15, 0.2) is 0 Å². The fourth-order valence-corrected chi connectivity index (χ4v) is 6.82. The van der Waals surface area contributed by atoms with Crippen LogP contribution in [0.2, 0.25) is 0 Å². The second-order valence-electron chi connectivity index (χ2n) is 9.69. The highest BCUT2D eigenvalue weighted by molar-refractivity contribution is 7.21. The van der Waals surface area contributed by atoms with Crippen LogP contribution >= 0.6 is 23.7 Å². The van der Waals surface area contributed by atoms with Gasteiger partial charge in [0.1, 0.15) is 0 Å². The monoisotopic (exact) mass is 495 g/mol. The molecule has 2 bridgehead atoms. The van der Waals surface area contributed by atoms with Crippen molar-refractivity contribution < 1.29 is 9.59 Å². The van der Waals surface area contributed by atoms with Gasteiger partial charge >= 0.3 is 0 Å². The Labute approximate surface area is 210 Å². The van der Waals surface area contributed by atoms with E-state index in [1.54, 1.807) is 11.3 Å². The van der Waals surface area contributed by atoms with Crippen molar-refractivity contribution in [3.63, 3.8) is 0 Å². The number of thiophene rings is 1. The van der Waals surface area contributed by atoms with Crippen LogP contribution in [0.25, 0.3) is 21.2 Å². The lowest BCUT2D eigenvalue weighted by Crippen LogP contribution is -2.57. The predicted octanol–water partition coefficient (Wildman–Crippen LogP) is 5.16. The van der Waals surface area contributed by atoms with E-state index >= 15 is 0 Å². The van der Waals surface area contributed by atoms with E-state index in [-0.39, 0.29) is 36.3 Å². The summed E-state index contributed by atoms with van der Waals surface area (Å²) >= 11 is 1.59. The molecule has 7 rings (SSSR count). The maximum atomic E-state index is 13.1. The number of amides is 2. The topological polar surface area (TPSA) is 61.4 Å². The average molecular weight is 496 g/mol. The lowest BCUT2D eigenvalue weighted by Gasteiger charge is -2.44. The van der Waals surface area contributed by atoms with Gasteiger partial charge in [-0.15, -0.1) is 23.7 Å². The zero-order valence-electron chi connectivity index (χ0n) is 19.1. The molecule has 3 aromatic rings. The van der Waals surface area contributed by atoms with Gasteiger partial charge in [0.05, 0.1) is 10.9 Å². The zero-order chi connectivity index (χ0) is 22.4. The van der Waals surface area contributed by atoms with Crippen LogP contribution in [-0.2, 0) is 4.79 Å². The molecule has 1 unspecified atom stereocenters. The third-order valence-electron chi connectivity index (χ3n) is 7.60. The highest BCUT2D eigenvalue weighted by Crippen LogP contribution is 2.36. The van der Waals surface area contributed by atoms with Gasteiger partial charge in [-0.1, -0.05) is 42.5 Å². The highest BCUT2D eigenvalue weighted by atomic mass is 35.5. The van der Waals surface area contributed by atoms with Gasteiger partial charge in [-0.3, -0.25) is 9.59 Å². The standard InChI is InChI=1S/C27H29N3O2S.ClH/c31-25-6-2-5-22(28-25)18-9-7-17(8-10-18)21-4-1-3-20-15-24(33-26(20)21)27(32)29-23-16-30-13-11-19(23)12-14-30;/h1,3-4,7-10,15,19,22-23H,2,5-6,11-14,16H2,(H,28,31)(H,29,32);1H/t22?,23-;/m0./s1. The smallest absolute Gasteiger partial charge is 0.261 e. The Morgan fingerprint density at radius 2 is 1.85 bits per heavy atom. The lowest BCUT2D eigenvalue weighted by atomic mass is 9.84. The van der Waals surface area contributed by atoms with Gasteiger partial charge < -0.3 is 15.5 Å². The van der Waals surface area contributed by atoms with Crippen molar-refractivity contribution in [2.24, 2.45) is 5.92 Å². The Balaban J connectivity index is 0.00000241. The van der Waals surface area contributed by atoms with Crippen molar-refractivity contribution in [3.8, 4) is 11.1 Å². The summed E-state index contributed by atoms with van der Waals surface area (Å²) in [4.78, 5) is 28.1. The molecular formula is C27H30ClN3O2S. The molecule has 0 spiro atoms. The van der Waals surface area contributed by atoms with Gasteiger partial charge in [0.2, 0.25) is 5.91 Å². The summed E-state index contributed by atoms with van der Waals surface area (Å²) in [6, 6.07) is 17.2. The average Bonchev–Trinajstić information content (AvgIpc) is 3.30. The molecule has 2 N–H and O–H groups in total. The lowest BCUT2D eigenvalue weighted by molar-refractivity contribution is -0.123. The second-order valence-corrected chi connectivity index (χ2v) is 10.7. The van der Waals surface area contributed by atoms with Crippen molar-refractivity contribution in [1.82, 2.24) is 15.5 Å². The van der Waals surface area contributed by atoms with Crippen LogP contribution in [0.15, 0.2) is 48.5 Å². The maximum Gasteiger partial charge on any atom is 0.261 e. The molecule has 0 aliphatic carbocycles. The summed E-state index contributed by atoms with van der Waals surface area (Å²) in [7, 11) is 0. The number of halogens is 1. The minimum atomic E-state index is 0. The van der Waals surface area contributed by atoms with E-state index in [1.807, 2.05) is 6.07 Å². The molecule has 4 aliphatic heterocycles. The Morgan fingerprint density at radius 3 is 2.56 bits per heavy atom. The number of nitrogens with one attached hydrogen (secondary N) is 2. The number of hydrogen-bond donors (Lipinski definition) is 2. The van der Waals surface area contributed by atoms with E-state index in [9.17, 15) is 9.59 Å². The van der Waals surface area contributed by atoms with Crippen molar-refractivity contribution in [3.05, 3.63) is 59.0 Å². The second kappa shape index (κ2) is 9.68. The van der Waals surface area contributed by atoms with E-state index < -0.39 is 0 Å². The highest BCUT2D eigenvalue weighted by Gasteiger charge is 2.35. The number of fused-ring (bicyclic) bond motifs is 4. The molecule has 4 aliphatic rings. The van der Waals surface area contributed by atoms with E-state index in [2.05, 4.69) is 58.0 Å². The number of carbonyl (C=O) groups is 2. The van der Waals surface area contributed by atoms with Crippen LogP contribution in [-0.4, -0.2) is 42.4 Å². The molecule has 5 heterocycles. The van der Waals surface area contributed by atoms with Gasteiger partial charge in [-0.05, 0) is 72.8 Å². The molecule has 4 saturated heterocycles. The SMILES string of the molecule is Cl.O=C1CCCC(c2ccc(-c3cccc4cc(C(=O)N[C@H]5CN6CCC5CC6)sc34)cc2)N1. The number of nitrogens with zero attached hydrogens (tertiary/aromatic N) is 1. The minimum absolute atomic E-state index is 0. The van der Waals surface area contributed by atoms with Crippen molar-refractivity contribution in [1.29, 1.82) is 0 Å². The van der Waals surface area contributed by atoms with Gasteiger partial charge in [-0.25, -0.2) is 0 Å². The third kappa shape index (κ3) is 4.47. The van der Waals surface area contributed by atoms with Crippen LogP contribution < -0.4 is 10.6 Å². The third-order valence-corrected chi connectivity index (χ3v) is 8.78. The molecule has 34 heavy (non-hydrogen) atoms. The van der Waals surface area contributed by atoms with Gasteiger partial charge in [-0.2, -0.15) is 0 Å². The quantitative estimate of drug-likeness (QED) is 0.526. The Hall–Kier alpha value is -2.41. The number of benzene rings is 2. The zero-order valence-corrected chi connectivity index (χ0v) is 20.7. The van der Waals surface area contributed by atoms with Crippen LogP contribution in [0, 0.1) is 5.92 Å². The molecule has 0 radical (unpaired) electrons. The molecule has 0 saturated carbocycles. The number of rotatable bonds is 4. The summed E-state index contributed by atoms with van der Waals surface area (Å²) < 4.78 is 1.15. The van der Waals surface area contributed by atoms with Crippen molar-refractivity contribution in [2.45, 2.75) is 44.2 Å². The first-order valence-electron chi connectivity index (χ1n) is 12.1. The summed E-state index contributed by atoms with van der Waals surface area (Å²) in [6.45, 7) is 3.34. The number of hydrogen-bond acceptors (Lipinski definition) is 4. The predicted molar refractivity (Wildman–Crippen MR) is 140 cm³/mol. The minimum Gasteiger partial charge on any atom is -0.349 e. The Bertz CT molecular complexity index is 1200. The molecule has 2 atom stereocenters. The number of piperidine rings is 4. The summed E-state index contributed by atoms with van der Waals surface area (Å²) in [5.41, 5.74) is 3.44. The first-order chi connectivity index (χ1) is 16.1. The first-order valence-corrected chi connectivity index (χ1v) is 12.9. The summed E-state index contributed by atoms with van der Waals surface area (Å²) in [5, 5.41) is 7.54. The van der Waals surface area contributed by atoms with E-state index in [0.717, 1.165) is 51.0 Å². The van der Waals surface area contributed by atoms with Crippen LogP contribution in [0.4, 0.5) is 0 Å². The van der Waals surface area contributed by atoms with E-state index in [0.29, 0.717) is 12.3 Å². The molecule has 2 amide bonds. The molecule has 178 valence electrons. The fourth-order valence-electron chi connectivity index (χ4n) is 5.72. The first kappa shape index (κ1) is 23.3. The maximum absolute atomic E-state index is 13.1. The molecule has 2 aromatic carbocycles. The summed E-state index contributed by atoms with van der Waals surface area (Å²) in [6.07, 6.45) is 4.95. The van der Waals surface area contributed by atoms with Crippen LogP contribution in [0.3, 0.4) is 0 Å². The van der Waals surface area contributed by atoms with E-state index in [4.69, 9.17) is 0 Å². The fraction of sp³-hybridized carbons (Fsp3) is 0.407. The molecule has 4 fully saturated rings. The van der Waals surface area contributed by atoms with E-state index in [1.165, 1.54) is 25.9 Å². The van der Waals surface area contributed by atoms with Crippen molar-refractivity contribution in [2.75, 3.05) is 19.6 Å². The Kier molecular flexibility index (Phi) is 6.65. The van der Waals surface area contributed by atoms with Crippen LogP contribution in [0.1, 0.15) is 53.4 Å². The van der Waals surface area contributed by atoms with Crippen LogP contribution in [0.5, 0.6) is 0 Å². The van der Waals surface area contributed by atoms with Gasteiger partial charge in [0, 0.05) is 23.7 Å². The Morgan fingerprint density at radius 1 is 1.06 bits per heavy atom.